The number of likely N-dealkylation sites (N-methyl/N-ethyl adjacent to an activating group) is 1. The van der Waals surface area contributed by atoms with E-state index in [0.717, 1.165) is 43.8 Å². The minimum absolute atomic E-state index is 0.0337. The van der Waals surface area contributed by atoms with Crippen molar-refractivity contribution in [2.75, 3.05) is 43.4 Å². The van der Waals surface area contributed by atoms with E-state index >= 15 is 0 Å². The molecule has 0 unspecified atom stereocenters. The summed E-state index contributed by atoms with van der Waals surface area (Å²) in [6.45, 7) is 3.94. The van der Waals surface area contributed by atoms with Crippen molar-refractivity contribution in [3.63, 3.8) is 0 Å². The Bertz CT molecular complexity index is 1330. The van der Waals surface area contributed by atoms with Crippen LogP contribution in [0.25, 0.3) is 16.7 Å². The number of carbonyl (C=O) groups is 1. The van der Waals surface area contributed by atoms with Crippen molar-refractivity contribution in [1.82, 2.24) is 19.4 Å². The summed E-state index contributed by atoms with van der Waals surface area (Å²) in [7, 11) is 2.12. The lowest BCUT2D eigenvalue weighted by molar-refractivity contribution is 0.100. The van der Waals surface area contributed by atoms with Gasteiger partial charge < -0.3 is 20.9 Å². The summed E-state index contributed by atoms with van der Waals surface area (Å²) in [6.07, 6.45) is 2.63. The van der Waals surface area contributed by atoms with E-state index in [4.69, 9.17) is 5.73 Å². The van der Waals surface area contributed by atoms with Gasteiger partial charge >= 0.3 is 0 Å². The molecule has 1 amide bonds. The van der Waals surface area contributed by atoms with Gasteiger partial charge in [0.15, 0.2) is 11.6 Å². The lowest BCUT2D eigenvalue weighted by Gasteiger charge is -2.34. The normalized spacial score (nSPS) is 14.5. The standard InChI is InChI=1S/C24H24FN7O/c1-30-9-11-31(12-10-30)17-6-4-5-16(13-17)28-24-27-14-20(25)23(29-24)32-15-19(22(26)33)18-7-2-3-8-21(18)32/h2-8,13-15H,9-12H2,1H3,(H2,26,33)(H,27,28,29). The molecule has 4 aromatic rings. The van der Waals surface area contributed by atoms with Gasteiger partial charge in [-0.05, 0) is 31.3 Å². The number of piperazine rings is 1. The van der Waals surface area contributed by atoms with Gasteiger partial charge in [0.25, 0.3) is 5.91 Å². The van der Waals surface area contributed by atoms with Gasteiger partial charge in [-0.3, -0.25) is 9.36 Å². The van der Waals surface area contributed by atoms with Crippen LogP contribution in [0.2, 0.25) is 0 Å². The summed E-state index contributed by atoms with van der Waals surface area (Å²) in [5, 5.41) is 3.81. The zero-order valence-electron chi connectivity index (χ0n) is 18.2. The number of fused-ring (bicyclic) bond motifs is 1. The maximum Gasteiger partial charge on any atom is 0.250 e. The van der Waals surface area contributed by atoms with Crippen molar-refractivity contribution in [2.24, 2.45) is 5.73 Å². The molecule has 2 aromatic heterocycles. The van der Waals surface area contributed by atoms with Gasteiger partial charge in [0.1, 0.15) is 0 Å². The van der Waals surface area contributed by atoms with E-state index in [-0.39, 0.29) is 11.8 Å². The molecule has 9 heteroatoms. The fourth-order valence-corrected chi connectivity index (χ4v) is 4.11. The van der Waals surface area contributed by atoms with E-state index in [2.05, 4.69) is 38.2 Å². The van der Waals surface area contributed by atoms with Crippen molar-refractivity contribution < 1.29 is 9.18 Å². The van der Waals surface area contributed by atoms with Crippen LogP contribution >= 0.6 is 0 Å². The Hall–Kier alpha value is -3.98. The summed E-state index contributed by atoms with van der Waals surface area (Å²) < 4.78 is 16.3. The first kappa shape index (κ1) is 20.9. The van der Waals surface area contributed by atoms with Crippen molar-refractivity contribution in [3.8, 4) is 5.82 Å². The zero-order chi connectivity index (χ0) is 22.9. The fraction of sp³-hybridized carbons (Fsp3) is 0.208. The van der Waals surface area contributed by atoms with Crippen LogP contribution in [0, 0.1) is 5.82 Å². The molecule has 8 nitrogen and oxygen atoms in total. The number of amides is 1. The largest absolute Gasteiger partial charge is 0.369 e. The Morgan fingerprint density at radius 3 is 2.67 bits per heavy atom. The third kappa shape index (κ3) is 4.10. The SMILES string of the molecule is CN1CCN(c2cccc(Nc3ncc(F)c(-n4cc(C(N)=O)c5ccccc54)n3)c2)CC1. The molecule has 1 fully saturated rings. The van der Waals surface area contributed by atoms with Gasteiger partial charge in [-0.1, -0.05) is 24.3 Å². The number of rotatable bonds is 5. The number of hydrogen-bond donors (Lipinski definition) is 2. The van der Waals surface area contributed by atoms with Crippen LogP contribution in [0.3, 0.4) is 0 Å². The quantitative estimate of drug-likeness (QED) is 0.490. The van der Waals surface area contributed by atoms with Crippen LogP contribution < -0.4 is 16.0 Å². The molecule has 1 saturated heterocycles. The third-order valence-electron chi connectivity index (χ3n) is 5.90. The van der Waals surface area contributed by atoms with Gasteiger partial charge in [-0.2, -0.15) is 4.98 Å². The second-order valence-electron chi connectivity index (χ2n) is 8.12. The summed E-state index contributed by atoms with van der Waals surface area (Å²) in [5.41, 5.74) is 8.38. The molecule has 0 saturated carbocycles. The van der Waals surface area contributed by atoms with E-state index in [1.165, 1.54) is 10.8 Å². The van der Waals surface area contributed by atoms with Crippen LogP contribution in [-0.2, 0) is 0 Å². The van der Waals surface area contributed by atoms with E-state index in [1.54, 1.807) is 18.2 Å². The van der Waals surface area contributed by atoms with E-state index < -0.39 is 11.7 Å². The number of halogens is 1. The number of nitrogens with zero attached hydrogens (tertiary/aromatic N) is 5. The third-order valence-corrected chi connectivity index (χ3v) is 5.90. The van der Waals surface area contributed by atoms with Crippen molar-refractivity contribution >= 4 is 34.1 Å². The first-order chi connectivity index (χ1) is 16.0. The molecule has 3 N–H and O–H groups in total. The molecule has 0 bridgehead atoms. The van der Waals surface area contributed by atoms with Crippen LogP contribution in [0.15, 0.2) is 60.9 Å². The molecule has 1 aliphatic rings. The van der Waals surface area contributed by atoms with Gasteiger partial charge in [0, 0.05) is 49.1 Å². The average molecular weight is 446 g/mol. The van der Waals surface area contributed by atoms with Crippen molar-refractivity contribution in [1.29, 1.82) is 0 Å². The highest BCUT2D eigenvalue weighted by Gasteiger charge is 2.18. The summed E-state index contributed by atoms with van der Waals surface area (Å²) in [5.74, 6) is -0.909. The number of aromatic nitrogens is 3. The molecule has 33 heavy (non-hydrogen) atoms. The Morgan fingerprint density at radius 2 is 1.88 bits per heavy atom. The number of benzene rings is 2. The molecule has 5 rings (SSSR count). The molecule has 168 valence electrons. The van der Waals surface area contributed by atoms with Gasteiger partial charge in [0.2, 0.25) is 5.95 Å². The number of nitrogens with two attached hydrogens (primary N) is 1. The average Bonchev–Trinajstić information content (AvgIpc) is 3.21. The number of hydrogen-bond acceptors (Lipinski definition) is 6. The van der Waals surface area contributed by atoms with E-state index in [0.29, 0.717) is 16.5 Å². The summed E-state index contributed by atoms with van der Waals surface area (Å²) in [4.78, 5) is 25.1. The lowest BCUT2D eigenvalue weighted by atomic mass is 10.2. The first-order valence-electron chi connectivity index (χ1n) is 10.7. The van der Waals surface area contributed by atoms with Gasteiger partial charge in [-0.25, -0.2) is 9.37 Å². The monoisotopic (exact) mass is 445 g/mol. The second kappa shape index (κ2) is 8.51. The maximum atomic E-state index is 14.8. The van der Waals surface area contributed by atoms with Crippen molar-refractivity contribution in [2.45, 2.75) is 0 Å². The number of nitrogens with one attached hydrogen (secondary N) is 1. The highest BCUT2D eigenvalue weighted by Crippen LogP contribution is 2.27. The Balaban J connectivity index is 1.47. The predicted molar refractivity (Wildman–Crippen MR) is 127 cm³/mol. The van der Waals surface area contributed by atoms with E-state index in [9.17, 15) is 9.18 Å². The summed E-state index contributed by atoms with van der Waals surface area (Å²) >= 11 is 0. The highest BCUT2D eigenvalue weighted by molar-refractivity contribution is 6.06. The van der Waals surface area contributed by atoms with Crippen LogP contribution in [-0.4, -0.2) is 58.6 Å². The zero-order valence-corrected chi connectivity index (χ0v) is 18.2. The molecule has 2 aromatic carbocycles. The highest BCUT2D eigenvalue weighted by atomic mass is 19.1. The van der Waals surface area contributed by atoms with E-state index in [1.807, 2.05) is 24.3 Å². The summed E-state index contributed by atoms with van der Waals surface area (Å²) in [6, 6.07) is 15.2. The Labute approximate surface area is 190 Å². The molecule has 0 radical (unpaired) electrons. The Morgan fingerprint density at radius 1 is 1.09 bits per heavy atom. The number of primary amides is 1. The molecular formula is C24H24FN7O. The van der Waals surface area contributed by atoms with Crippen LogP contribution in [0.1, 0.15) is 10.4 Å². The minimum Gasteiger partial charge on any atom is -0.369 e. The van der Waals surface area contributed by atoms with Crippen molar-refractivity contribution in [3.05, 3.63) is 72.3 Å². The lowest BCUT2D eigenvalue weighted by Crippen LogP contribution is -2.44. The van der Waals surface area contributed by atoms with Gasteiger partial charge in [-0.15, -0.1) is 0 Å². The molecular weight excluding hydrogens is 421 g/mol. The molecule has 0 atom stereocenters. The fourth-order valence-electron chi connectivity index (χ4n) is 4.11. The first-order valence-corrected chi connectivity index (χ1v) is 10.7. The minimum atomic E-state index is -0.608. The van der Waals surface area contributed by atoms with Crippen LogP contribution in [0.4, 0.5) is 21.7 Å². The smallest absolute Gasteiger partial charge is 0.250 e. The van der Waals surface area contributed by atoms with Gasteiger partial charge in [0.05, 0.1) is 17.3 Å². The Kier molecular flexibility index (Phi) is 5.39. The molecule has 0 aliphatic carbocycles. The second-order valence-corrected chi connectivity index (χ2v) is 8.12. The molecule has 0 spiro atoms. The maximum absolute atomic E-state index is 14.8. The van der Waals surface area contributed by atoms with Crippen LogP contribution in [0.5, 0.6) is 0 Å². The molecule has 1 aliphatic heterocycles. The number of para-hydroxylation sites is 1. The predicted octanol–water partition coefficient (Wildman–Crippen LogP) is 3.15. The molecule has 3 heterocycles. The number of carbonyl (C=O) groups excluding carboxylic acids is 1. The number of anilines is 3. The topological polar surface area (TPSA) is 92.3 Å².